The number of benzene rings is 2. The molecule has 0 spiro atoms. The summed E-state index contributed by atoms with van der Waals surface area (Å²) < 4.78 is 43.6. The Morgan fingerprint density at radius 2 is 1.84 bits per heavy atom. The Balaban J connectivity index is 1.64. The van der Waals surface area contributed by atoms with Crippen LogP contribution < -0.4 is 15.6 Å². The van der Waals surface area contributed by atoms with Crippen molar-refractivity contribution in [3.63, 3.8) is 0 Å². The van der Waals surface area contributed by atoms with Crippen molar-refractivity contribution in [2.75, 3.05) is 5.32 Å². The Kier molecular flexibility index (Phi) is 5.49. The molecule has 1 aliphatic rings. The van der Waals surface area contributed by atoms with E-state index in [1.807, 2.05) is 0 Å². The number of aromatic nitrogens is 1. The van der Waals surface area contributed by atoms with E-state index in [0.717, 1.165) is 0 Å². The largest absolute Gasteiger partial charge is 0.573 e. The molecule has 1 heterocycles. The third-order valence-corrected chi connectivity index (χ3v) is 5.33. The van der Waals surface area contributed by atoms with Crippen molar-refractivity contribution in [2.24, 2.45) is 0 Å². The van der Waals surface area contributed by atoms with Gasteiger partial charge in [0.25, 0.3) is 11.5 Å². The molecule has 31 heavy (non-hydrogen) atoms. The Bertz CT molecular complexity index is 1190. The number of nitrogens with one attached hydrogen (secondary N) is 1. The highest BCUT2D eigenvalue weighted by molar-refractivity contribution is 6.30. The van der Waals surface area contributed by atoms with Gasteiger partial charge in [-0.05, 0) is 66.4 Å². The summed E-state index contributed by atoms with van der Waals surface area (Å²) >= 11 is 5.83. The molecule has 9 heteroatoms. The summed E-state index contributed by atoms with van der Waals surface area (Å²) in [7, 11) is 0. The highest BCUT2D eigenvalue weighted by Gasteiger charge is 2.35. The van der Waals surface area contributed by atoms with Crippen LogP contribution in [0.2, 0.25) is 5.02 Å². The van der Waals surface area contributed by atoms with Gasteiger partial charge in [0.2, 0.25) is 0 Å². The molecule has 0 saturated heterocycles. The number of anilines is 1. The monoisotopic (exact) mass is 448 g/mol. The van der Waals surface area contributed by atoms with Gasteiger partial charge in [0.05, 0.1) is 6.04 Å². The number of hydrogen-bond donors (Lipinski definition) is 1. The summed E-state index contributed by atoms with van der Waals surface area (Å²) in [5.41, 5.74) is 0.846. The summed E-state index contributed by atoms with van der Waals surface area (Å²) in [5.74, 6) is -0.855. The molecule has 0 aliphatic heterocycles. The average molecular weight is 449 g/mol. The van der Waals surface area contributed by atoms with Crippen molar-refractivity contribution in [1.82, 2.24) is 4.57 Å². The van der Waals surface area contributed by atoms with E-state index in [9.17, 15) is 22.8 Å². The average Bonchev–Trinajstić information content (AvgIpc) is 3.14. The number of ether oxygens (including phenoxy) is 1. The second-order valence-electron chi connectivity index (χ2n) is 7.02. The van der Waals surface area contributed by atoms with Gasteiger partial charge >= 0.3 is 6.36 Å². The zero-order chi connectivity index (χ0) is 22.2. The molecule has 0 bridgehead atoms. The summed E-state index contributed by atoms with van der Waals surface area (Å²) in [4.78, 5) is 25.7. The molecule has 4 rings (SSSR count). The molecular formula is C22H16ClF3N2O3. The van der Waals surface area contributed by atoms with Crippen molar-refractivity contribution < 1.29 is 22.7 Å². The first-order chi connectivity index (χ1) is 14.7. The predicted octanol–water partition coefficient (Wildman–Crippen LogP) is 5.19. The van der Waals surface area contributed by atoms with E-state index >= 15 is 0 Å². The summed E-state index contributed by atoms with van der Waals surface area (Å²) in [5, 5.41) is 3.15. The van der Waals surface area contributed by atoms with Crippen LogP contribution in [0.25, 0.3) is 0 Å². The summed E-state index contributed by atoms with van der Waals surface area (Å²) in [6.07, 6.45) is -2.54. The number of alkyl halides is 3. The Morgan fingerprint density at radius 1 is 1.10 bits per heavy atom. The van der Waals surface area contributed by atoms with E-state index in [-0.39, 0.29) is 11.3 Å². The van der Waals surface area contributed by atoms with Crippen LogP contribution in [0.5, 0.6) is 5.75 Å². The van der Waals surface area contributed by atoms with Crippen LogP contribution in [-0.4, -0.2) is 16.8 Å². The van der Waals surface area contributed by atoms with Crippen LogP contribution >= 0.6 is 11.6 Å². The molecule has 0 saturated carbocycles. The van der Waals surface area contributed by atoms with Crippen molar-refractivity contribution in [3.8, 4) is 5.75 Å². The molecule has 1 atom stereocenters. The highest BCUT2D eigenvalue weighted by Crippen LogP contribution is 2.40. The summed E-state index contributed by atoms with van der Waals surface area (Å²) in [6, 6.07) is 13.3. The molecule has 0 fully saturated rings. The van der Waals surface area contributed by atoms with Gasteiger partial charge in [-0.25, -0.2) is 0 Å². The van der Waals surface area contributed by atoms with Gasteiger partial charge < -0.3 is 14.6 Å². The number of pyridine rings is 1. The number of carbonyl (C=O) groups is 1. The maximum atomic E-state index is 13.0. The van der Waals surface area contributed by atoms with Gasteiger partial charge in [-0.2, -0.15) is 0 Å². The first-order valence-corrected chi connectivity index (χ1v) is 9.76. The zero-order valence-electron chi connectivity index (χ0n) is 15.9. The van der Waals surface area contributed by atoms with E-state index in [4.69, 9.17) is 11.6 Å². The number of amides is 1. The number of rotatable bonds is 4. The third kappa shape index (κ3) is 4.44. The van der Waals surface area contributed by atoms with Crippen molar-refractivity contribution >= 4 is 23.2 Å². The fourth-order valence-corrected chi connectivity index (χ4v) is 3.89. The molecule has 1 aromatic heterocycles. The zero-order valence-corrected chi connectivity index (χ0v) is 16.7. The molecule has 1 amide bonds. The normalized spacial score (nSPS) is 15.4. The fraction of sp³-hybridized carbons (Fsp3) is 0.182. The molecule has 3 aromatic rings. The minimum atomic E-state index is -4.80. The number of carbonyl (C=O) groups excluding carboxylic acids is 1. The molecule has 0 radical (unpaired) electrons. The topological polar surface area (TPSA) is 60.3 Å². The van der Waals surface area contributed by atoms with E-state index < -0.39 is 23.9 Å². The van der Waals surface area contributed by atoms with Crippen molar-refractivity contribution in [1.29, 1.82) is 0 Å². The molecule has 1 N–H and O–H groups in total. The minimum absolute atomic E-state index is 0.0754. The van der Waals surface area contributed by atoms with E-state index in [0.29, 0.717) is 34.7 Å². The lowest BCUT2D eigenvalue weighted by Crippen LogP contribution is -2.31. The second-order valence-corrected chi connectivity index (χ2v) is 7.46. The number of hydrogen-bond acceptors (Lipinski definition) is 3. The molecule has 1 unspecified atom stereocenters. The molecule has 5 nitrogen and oxygen atoms in total. The predicted molar refractivity (Wildman–Crippen MR) is 110 cm³/mol. The van der Waals surface area contributed by atoms with Gasteiger partial charge in [-0.3, -0.25) is 9.59 Å². The van der Waals surface area contributed by atoms with Gasteiger partial charge in [-0.15, -0.1) is 13.2 Å². The Hall–Kier alpha value is -3.26. The van der Waals surface area contributed by atoms with Gasteiger partial charge in [-0.1, -0.05) is 23.7 Å². The Labute approximate surface area is 180 Å². The van der Waals surface area contributed by atoms with Crippen LogP contribution in [0.3, 0.4) is 0 Å². The fourth-order valence-electron chi connectivity index (χ4n) is 3.77. The van der Waals surface area contributed by atoms with E-state index in [1.54, 1.807) is 36.4 Å². The first kappa shape index (κ1) is 21.0. The molecule has 1 aliphatic carbocycles. The first-order valence-electron chi connectivity index (χ1n) is 9.38. The quantitative estimate of drug-likeness (QED) is 0.597. The molecular weight excluding hydrogens is 433 g/mol. The van der Waals surface area contributed by atoms with Crippen LogP contribution in [0.15, 0.2) is 65.6 Å². The van der Waals surface area contributed by atoms with Crippen LogP contribution in [-0.2, 0) is 6.42 Å². The standard InChI is InChI=1S/C22H16ClF3N2O3/c23-13-6-8-14(9-7-13)27-20(29)17-4-2-12-28(21(17)30)18-11-10-16-15(18)3-1-5-19(16)31-22(24,25)26/h1-9,12,18H,10-11H2,(H,27,29). The smallest absolute Gasteiger partial charge is 0.405 e. The SMILES string of the molecule is O=C(Nc1ccc(Cl)cc1)c1cccn(C2CCc3c(OC(F)(F)F)cccc32)c1=O. The lowest BCUT2D eigenvalue weighted by Gasteiger charge is -2.17. The number of nitrogens with zero attached hydrogens (tertiary/aromatic N) is 1. The van der Waals surface area contributed by atoms with Crippen molar-refractivity contribution in [2.45, 2.75) is 25.2 Å². The van der Waals surface area contributed by atoms with Crippen LogP contribution in [0, 0.1) is 0 Å². The van der Waals surface area contributed by atoms with Gasteiger partial charge in [0, 0.05) is 16.9 Å². The number of halogens is 4. The van der Waals surface area contributed by atoms with Crippen LogP contribution in [0.4, 0.5) is 18.9 Å². The molecule has 160 valence electrons. The lowest BCUT2D eigenvalue weighted by molar-refractivity contribution is -0.274. The van der Waals surface area contributed by atoms with Gasteiger partial charge in [0.1, 0.15) is 11.3 Å². The maximum absolute atomic E-state index is 13.0. The molecule has 2 aromatic carbocycles. The maximum Gasteiger partial charge on any atom is 0.573 e. The number of fused-ring (bicyclic) bond motifs is 1. The third-order valence-electron chi connectivity index (χ3n) is 5.08. The second kappa shape index (κ2) is 8.11. The minimum Gasteiger partial charge on any atom is -0.405 e. The summed E-state index contributed by atoms with van der Waals surface area (Å²) in [6.45, 7) is 0. The van der Waals surface area contributed by atoms with E-state index in [1.165, 1.54) is 29.0 Å². The highest BCUT2D eigenvalue weighted by atomic mass is 35.5. The van der Waals surface area contributed by atoms with E-state index in [2.05, 4.69) is 10.1 Å². The van der Waals surface area contributed by atoms with Crippen LogP contribution in [0.1, 0.15) is 33.9 Å². The Morgan fingerprint density at radius 3 is 2.55 bits per heavy atom. The van der Waals surface area contributed by atoms with Crippen molar-refractivity contribution in [3.05, 3.63) is 92.9 Å². The lowest BCUT2D eigenvalue weighted by atomic mass is 10.1. The van der Waals surface area contributed by atoms with Gasteiger partial charge in [0.15, 0.2) is 0 Å².